The molecular weight excluding hydrogens is 304 g/mol. The molecule has 4 heteroatoms. The van der Waals surface area contributed by atoms with Crippen molar-refractivity contribution in [3.63, 3.8) is 0 Å². The number of ether oxygens (including phenoxy) is 1. The van der Waals surface area contributed by atoms with Crippen molar-refractivity contribution in [2.45, 2.75) is 96.8 Å². The van der Waals surface area contributed by atoms with Gasteiger partial charge >= 0.3 is 11.9 Å². The van der Waals surface area contributed by atoms with Gasteiger partial charge in [0, 0.05) is 0 Å². The van der Waals surface area contributed by atoms with E-state index in [2.05, 4.69) is 23.8 Å². The minimum Gasteiger partial charge on any atom is -0.473 e. The molecule has 0 unspecified atom stereocenters. The number of aliphatic carboxylic acids is 1. The molecule has 0 aromatic rings. The molecule has 0 aliphatic heterocycles. The molecule has 4 nitrogen and oxygen atoms in total. The van der Waals surface area contributed by atoms with Gasteiger partial charge in [-0.25, -0.2) is 9.59 Å². The maximum atomic E-state index is 10.7. The Kier molecular flexibility index (Phi) is 17.0. The number of unbranched alkanes of at least 4 members (excludes halogenated alkanes) is 12. The Morgan fingerprint density at radius 2 is 1.21 bits per heavy atom. The molecule has 0 bridgehead atoms. The van der Waals surface area contributed by atoms with Crippen LogP contribution in [0, 0.1) is 0 Å². The molecule has 0 spiro atoms. The van der Waals surface area contributed by atoms with Crippen molar-refractivity contribution >= 4 is 11.9 Å². The van der Waals surface area contributed by atoms with E-state index in [1.54, 1.807) is 0 Å². The predicted octanol–water partition coefficient (Wildman–Crippen LogP) is 5.65. The lowest BCUT2D eigenvalue weighted by Gasteiger charge is -2.02. The number of carboxylic acid groups (broad SMARTS) is 1. The van der Waals surface area contributed by atoms with Crippen LogP contribution in [0.15, 0.2) is 12.2 Å². The Labute approximate surface area is 147 Å². The summed E-state index contributed by atoms with van der Waals surface area (Å²) in [6.07, 6.45) is 21.7. The standard InChI is InChI=1S/C20H36O4/c1-2-3-4-5-6-7-8-9-10-11-12-13-14-15-16-17-18-24-20(23)19(21)22/h9-10H,2-8,11-18H2,1H3,(H,21,22). The molecule has 1 N–H and O–H groups in total. The van der Waals surface area contributed by atoms with Crippen molar-refractivity contribution in [1.82, 2.24) is 0 Å². The lowest BCUT2D eigenvalue weighted by molar-refractivity contribution is -0.163. The van der Waals surface area contributed by atoms with E-state index in [9.17, 15) is 9.59 Å². The summed E-state index contributed by atoms with van der Waals surface area (Å²) >= 11 is 0. The van der Waals surface area contributed by atoms with E-state index < -0.39 is 11.9 Å². The van der Waals surface area contributed by atoms with Crippen molar-refractivity contribution in [2.75, 3.05) is 6.61 Å². The fourth-order valence-corrected chi connectivity index (χ4v) is 2.58. The fraction of sp³-hybridized carbons (Fsp3) is 0.800. The van der Waals surface area contributed by atoms with Crippen molar-refractivity contribution in [1.29, 1.82) is 0 Å². The average Bonchev–Trinajstić information content (AvgIpc) is 2.57. The zero-order valence-electron chi connectivity index (χ0n) is 15.4. The van der Waals surface area contributed by atoms with E-state index in [-0.39, 0.29) is 6.61 Å². The van der Waals surface area contributed by atoms with Crippen LogP contribution in [0.3, 0.4) is 0 Å². The molecule has 0 aromatic heterocycles. The summed E-state index contributed by atoms with van der Waals surface area (Å²) in [4.78, 5) is 20.9. The van der Waals surface area contributed by atoms with E-state index in [0.717, 1.165) is 19.3 Å². The first-order chi connectivity index (χ1) is 11.7. The van der Waals surface area contributed by atoms with Gasteiger partial charge < -0.3 is 9.84 Å². The second-order valence-electron chi connectivity index (χ2n) is 6.38. The third-order valence-electron chi connectivity index (χ3n) is 4.06. The minimum atomic E-state index is -1.51. The molecule has 24 heavy (non-hydrogen) atoms. The van der Waals surface area contributed by atoms with Crippen LogP contribution in [0.4, 0.5) is 0 Å². The second kappa shape index (κ2) is 18.0. The molecule has 0 heterocycles. The lowest BCUT2D eigenvalue weighted by Crippen LogP contribution is -2.16. The van der Waals surface area contributed by atoms with Crippen molar-refractivity contribution in [2.24, 2.45) is 0 Å². The van der Waals surface area contributed by atoms with Gasteiger partial charge in [-0.05, 0) is 32.1 Å². The van der Waals surface area contributed by atoms with Gasteiger partial charge in [-0.1, -0.05) is 76.9 Å². The number of hydrogen-bond donors (Lipinski definition) is 1. The number of carbonyl (C=O) groups excluding carboxylic acids is 1. The molecule has 0 fully saturated rings. The molecule has 0 saturated carbocycles. The van der Waals surface area contributed by atoms with Crippen molar-refractivity contribution in [3.05, 3.63) is 12.2 Å². The van der Waals surface area contributed by atoms with E-state index in [4.69, 9.17) is 5.11 Å². The van der Waals surface area contributed by atoms with E-state index in [1.807, 2.05) is 0 Å². The zero-order valence-corrected chi connectivity index (χ0v) is 15.4. The van der Waals surface area contributed by atoms with Gasteiger partial charge in [0.25, 0.3) is 0 Å². The minimum absolute atomic E-state index is 0.215. The Balaban J connectivity index is 3.15. The topological polar surface area (TPSA) is 63.6 Å². The first kappa shape index (κ1) is 22.7. The van der Waals surface area contributed by atoms with Gasteiger partial charge in [0.2, 0.25) is 0 Å². The molecule has 0 radical (unpaired) electrons. The summed E-state index contributed by atoms with van der Waals surface area (Å²) in [7, 11) is 0. The zero-order chi connectivity index (χ0) is 17.9. The highest BCUT2D eigenvalue weighted by Gasteiger charge is 2.11. The summed E-state index contributed by atoms with van der Waals surface area (Å²) in [5, 5.41) is 8.34. The summed E-state index contributed by atoms with van der Waals surface area (Å²) in [6, 6.07) is 0. The largest absolute Gasteiger partial charge is 0.473 e. The predicted molar refractivity (Wildman–Crippen MR) is 98.0 cm³/mol. The number of carbonyl (C=O) groups is 2. The fourth-order valence-electron chi connectivity index (χ4n) is 2.58. The number of carboxylic acids is 1. The van der Waals surface area contributed by atoms with Crippen LogP contribution in [-0.4, -0.2) is 23.7 Å². The molecule has 0 atom stereocenters. The number of hydrogen-bond acceptors (Lipinski definition) is 3. The van der Waals surface area contributed by atoms with Gasteiger partial charge in [-0.15, -0.1) is 0 Å². The second-order valence-corrected chi connectivity index (χ2v) is 6.38. The maximum Gasteiger partial charge on any atom is 0.417 e. The third-order valence-corrected chi connectivity index (χ3v) is 4.06. The molecule has 0 amide bonds. The van der Waals surface area contributed by atoms with Gasteiger partial charge in [0.05, 0.1) is 6.61 Å². The summed E-state index contributed by atoms with van der Waals surface area (Å²) in [5.74, 6) is -2.66. The van der Waals surface area contributed by atoms with Crippen LogP contribution in [0.5, 0.6) is 0 Å². The molecule has 140 valence electrons. The van der Waals surface area contributed by atoms with Gasteiger partial charge in [0.15, 0.2) is 0 Å². The normalized spacial score (nSPS) is 11.0. The lowest BCUT2D eigenvalue weighted by atomic mass is 10.1. The monoisotopic (exact) mass is 340 g/mol. The van der Waals surface area contributed by atoms with Crippen LogP contribution in [0.25, 0.3) is 0 Å². The Morgan fingerprint density at radius 3 is 1.71 bits per heavy atom. The number of allylic oxidation sites excluding steroid dienone is 2. The average molecular weight is 341 g/mol. The van der Waals surface area contributed by atoms with Gasteiger partial charge in [-0.2, -0.15) is 0 Å². The third kappa shape index (κ3) is 17.0. The molecule has 0 saturated heterocycles. The number of rotatable bonds is 16. The highest BCUT2D eigenvalue weighted by atomic mass is 16.6. The Bertz CT molecular complexity index is 337. The summed E-state index contributed by atoms with van der Waals surface area (Å²) < 4.78 is 4.57. The summed E-state index contributed by atoms with van der Waals surface area (Å²) in [5.41, 5.74) is 0. The van der Waals surface area contributed by atoms with Crippen LogP contribution in [-0.2, 0) is 14.3 Å². The van der Waals surface area contributed by atoms with Crippen LogP contribution >= 0.6 is 0 Å². The molecule has 0 aromatic carbocycles. The Morgan fingerprint density at radius 1 is 0.750 bits per heavy atom. The van der Waals surface area contributed by atoms with Crippen molar-refractivity contribution < 1.29 is 19.4 Å². The maximum absolute atomic E-state index is 10.7. The molecule has 0 aliphatic rings. The first-order valence-corrected chi connectivity index (χ1v) is 9.73. The highest BCUT2D eigenvalue weighted by Crippen LogP contribution is 2.09. The van der Waals surface area contributed by atoms with E-state index >= 15 is 0 Å². The molecule has 0 aliphatic carbocycles. The molecular formula is C20H36O4. The quantitative estimate of drug-likeness (QED) is 0.171. The van der Waals surface area contributed by atoms with Crippen LogP contribution in [0.1, 0.15) is 96.8 Å². The first-order valence-electron chi connectivity index (χ1n) is 9.73. The SMILES string of the molecule is CCCCCCCCC=CCCCCCCCCOC(=O)C(=O)O. The highest BCUT2D eigenvalue weighted by molar-refractivity contribution is 6.28. The molecule has 0 rings (SSSR count). The van der Waals surface area contributed by atoms with E-state index in [1.165, 1.54) is 70.6 Å². The van der Waals surface area contributed by atoms with Gasteiger partial charge in [0.1, 0.15) is 0 Å². The summed E-state index contributed by atoms with van der Waals surface area (Å²) in [6.45, 7) is 2.47. The van der Waals surface area contributed by atoms with E-state index in [0.29, 0.717) is 0 Å². The smallest absolute Gasteiger partial charge is 0.417 e. The Hall–Kier alpha value is -1.32. The number of esters is 1. The van der Waals surface area contributed by atoms with Gasteiger partial charge in [-0.3, -0.25) is 0 Å². The van der Waals surface area contributed by atoms with Crippen molar-refractivity contribution in [3.8, 4) is 0 Å². The van der Waals surface area contributed by atoms with Crippen LogP contribution in [0.2, 0.25) is 0 Å². The van der Waals surface area contributed by atoms with Crippen LogP contribution < -0.4 is 0 Å².